The molecule has 0 spiro atoms. The van der Waals surface area contributed by atoms with Gasteiger partial charge in [-0.2, -0.15) is 0 Å². The van der Waals surface area contributed by atoms with E-state index in [9.17, 15) is 9.59 Å². The number of esters is 1. The third-order valence-electron chi connectivity index (χ3n) is 4.14. The lowest BCUT2D eigenvalue weighted by atomic mass is 9.93. The van der Waals surface area contributed by atoms with Gasteiger partial charge in [-0.25, -0.2) is 4.79 Å². The van der Waals surface area contributed by atoms with Gasteiger partial charge < -0.3 is 15.2 Å². The summed E-state index contributed by atoms with van der Waals surface area (Å²) >= 11 is 0. The van der Waals surface area contributed by atoms with E-state index in [1.54, 1.807) is 24.3 Å². The summed E-state index contributed by atoms with van der Waals surface area (Å²) in [6, 6.07) is 6.80. The second-order valence-electron chi connectivity index (χ2n) is 5.60. The van der Waals surface area contributed by atoms with Crippen molar-refractivity contribution >= 4 is 11.9 Å². The highest BCUT2D eigenvalue weighted by Gasteiger charge is 2.35. The zero-order valence-corrected chi connectivity index (χ0v) is 12.2. The number of rotatable bonds is 6. The molecule has 0 unspecified atom stereocenters. The molecule has 1 saturated carbocycles. The molecule has 0 radical (unpaired) electrons. The maximum atomic E-state index is 11.6. The number of aromatic carboxylic acids is 1. The lowest BCUT2D eigenvalue weighted by molar-refractivity contribution is -0.142. The summed E-state index contributed by atoms with van der Waals surface area (Å²) in [7, 11) is 1.41. The second-order valence-corrected chi connectivity index (χ2v) is 5.60. The molecule has 0 atom stereocenters. The van der Waals surface area contributed by atoms with Crippen LogP contribution >= 0.6 is 0 Å². The molecule has 1 aliphatic carbocycles. The van der Waals surface area contributed by atoms with E-state index in [-0.39, 0.29) is 17.1 Å². The van der Waals surface area contributed by atoms with E-state index < -0.39 is 5.97 Å². The number of hydrogen-bond acceptors (Lipinski definition) is 4. The predicted molar refractivity (Wildman–Crippen MR) is 78.1 cm³/mol. The molecule has 0 amide bonds. The molecule has 5 heteroatoms. The average Bonchev–Trinajstić information content (AvgIpc) is 2.94. The van der Waals surface area contributed by atoms with E-state index in [1.165, 1.54) is 7.11 Å². The molecule has 1 fully saturated rings. The minimum absolute atomic E-state index is 0.182. The van der Waals surface area contributed by atoms with Crippen LogP contribution in [0.4, 0.5) is 0 Å². The van der Waals surface area contributed by atoms with Crippen molar-refractivity contribution in [1.82, 2.24) is 5.32 Å². The van der Waals surface area contributed by atoms with Gasteiger partial charge in [-0.1, -0.05) is 25.0 Å². The number of carboxylic acid groups (broad SMARTS) is 1. The fraction of sp³-hybridized carbons (Fsp3) is 0.500. The van der Waals surface area contributed by atoms with Crippen LogP contribution in [0.2, 0.25) is 0 Å². The fourth-order valence-electron chi connectivity index (χ4n) is 2.87. The Balaban J connectivity index is 1.98. The van der Waals surface area contributed by atoms with E-state index in [4.69, 9.17) is 9.84 Å². The lowest BCUT2D eigenvalue weighted by Crippen LogP contribution is -2.44. The first-order valence-corrected chi connectivity index (χ1v) is 7.19. The maximum absolute atomic E-state index is 11.6. The zero-order chi connectivity index (χ0) is 15.3. The number of nitrogens with one attached hydrogen (secondary N) is 1. The molecule has 0 bridgehead atoms. The van der Waals surface area contributed by atoms with Crippen LogP contribution in [0.15, 0.2) is 24.3 Å². The monoisotopic (exact) mass is 291 g/mol. The van der Waals surface area contributed by atoms with Crippen LogP contribution in [0, 0.1) is 0 Å². The molecule has 0 aromatic heterocycles. The van der Waals surface area contributed by atoms with E-state index in [0.717, 1.165) is 31.2 Å². The average molecular weight is 291 g/mol. The maximum Gasteiger partial charge on any atom is 0.335 e. The molecule has 1 aromatic rings. The Bertz CT molecular complexity index is 504. The van der Waals surface area contributed by atoms with E-state index in [0.29, 0.717) is 13.0 Å². The van der Waals surface area contributed by atoms with Crippen LogP contribution in [0.1, 0.15) is 48.0 Å². The van der Waals surface area contributed by atoms with Crippen molar-refractivity contribution in [3.8, 4) is 0 Å². The topological polar surface area (TPSA) is 75.6 Å². The van der Waals surface area contributed by atoms with Gasteiger partial charge >= 0.3 is 11.9 Å². The quantitative estimate of drug-likeness (QED) is 0.787. The molecule has 5 nitrogen and oxygen atoms in total. The van der Waals surface area contributed by atoms with Crippen molar-refractivity contribution < 1.29 is 19.4 Å². The number of methoxy groups -OCH3 is 1. The van der Waals surface area contributed by atoms with Gasteiger partial charge in [0.1, 0.15) is 0 Å². The molecule has 0 saturated heterocycles. The summed E-state index contributed by atoms with van der Waals surface area (Å²) in [6.45, 7) is 0.622. The van der Waals surface area contributed by atoms with Gasteiger partial charge in [0.15, 0.2) is 0 Å². The summed E-state index contributed by atoms with van der Waals surface area (Å²) in [5, 5.41) is 12.4. The molecule has 0 aliphatic heterocycles. The van der Waals surface area contributed by atoms with E-state index >= 15 is 0 Å². The van der Waals surface area contributed by atoms with Crippen molar-refractivity contribution in [3.63, 3.8) is 0 Å². The Morgan fingerprint density at radius 2 is 1.86 bits per heavy atom. The van der Waals surface area contributed by atoms with E-state index in [2.05, 4.69) is 5.32 Å². The van der Waals surface area contributed by atoms with Gasteiger partial charge in [-0.3, -0.25) is 4.79 Å². The number of hydrogen-bond donors (Lipinski definition) is 2. The van der Waals surface area contributed by atoms with Crippen LogP contribution in [-0.4, -0.2) is 29.7 Å². The highest BCUT2D eigenvalue weighted by atomic mass is 16.5. The zero-order valence-electron chi connectivity index (χ0n) is 12.2. The Labute approximate surface area is 124 Å². The first kappa shape index (κ1) is 15.5. The Hall–Kier alpha value is -1.88. The van der Waals surface area contributed by atoms with Crippen molar-refractivity contribution in [2.24, 2.45) is 0 Å². The smallest absolute Gasteiger partial charge is 0.335 e. The fourth-order valence-corrected chi connectivity index (χ4v) is 2.87. The normalized spacial score (nSPS) is 16.6. The van der Waals surface area contributed by atoms with Crippen molar-refractivity contribution in [2.75, 3.05) is 7.11 Å². The minimum atomic E-state index is -0.924. The lowest BCUT2D eigenvalue weighted by Gasteiger charge is -2.29. The van der Waals surface area contributed by atoms with Gasteiger partial charge in [0.05, 0.1) is 19.1 Å². The van der Waals surface area contributed by atoms with Gasteiger partial charge in [-0.15, -0.1) is 0 Å². The van der Waals surface area contributed by atoms with E-state index in [1.807, 2.05) is 0 Å². The van der Waals surface area contributed by atoms with Crippen LogP contribution in [-0.2, 0) is 16.1 Å². The number of carbonyl (C=O) groups excluding carboxylic acids is 1. The number of ether oxygens (including phenoxy) is 1. The number of carboxylic acids is 1. The summed E-state index contributed by atoms with van der Waals surface area (Å²) in [6.07, 6.45) is 4.55. The first-order chi connectivity index (χ1) is 10.0. The Kier molecular flexibility index (Phi) is 4.96. The highest BCUT2D eigenvalue weighted by Crippen LogP contribution is 2.33. The number of carbonyl (C=O) groups is 2. The van der Waals surface area contributed by atoms with Crippen LogP contribution in [0.25, 0.3) is 0 Å². The Morgan fingerprint density at radius 3 is 2.38 bits per heavy atom. The van der Waals surface area contributed by atoms with Crippen molar-refractivity contribution in [1.29, 1.82) is 0 Å². The molecule has 2 rings (SSSR count). The SMILES string of the molecule is COC(=O)CC1(NCc2ccc(C(=O)O)cc2)CCCC1. The summed E-state index contributed by atoms with van der Waals surface area (Å²) in [5.74, 6) is -1.11. The van der Waals surface area contributed by atoms with Gasteiger partial charge in [-0.05, 0) is 30.5 Å². The molecular weight excluding hydrogens is 270 g/mol. The van der Waals surface area contributed by atoms with Crippen molar-refractivity contribution in [2.45, 2.75) is 44.2 Å². The first-order valence-electron chi connectivity index (χ1n) is 7.19. The Morgan fingerprint density at radius 1 is 1.24 bits per heavy atom. The third-order valence-corrected chi connectivity index (χ3v) is 4.14. The molecule has 0 heterocycles. The van der Waals surface area contributed by atoms with Crippen LogP contribution in [0.3, 0.4) is 0 Å². The molecule has 114 valence electrons. The van der Waals surface area contributed by atoms with Crippen LogP contribution in [0.5, 0.6) is 0 Å². The summed E-state index contributed by atoms with van der Waals surface area (Å²) < 4.78 is 4.79. The van der Waals surface area contributed by atoms with Gasteiger partial charge in [0, 0.05) is 12.1 Å². The number of benzene rings is 1. The van der Waals surface area contributed by atoms with Crippen molar-refractivity contribution in [3.05, 3.63) is 35.4 Å². The third kappa shape index (κ3) is 4.04. The summed E-state index contributed by atoms with van der Waals surface area (Å²) in [5.41, 5.74) is 1.11. The van der Waals surface area contributed by atoms with Gasteiger partial charge in [0.2, 0.25) is 0 Å². The predicted octanol–water partition coefficient (Wildman–Crippen LogP) is 2.35. The molecule has 1 aromatic carbocycles. The largest absolute Gasteiger partial charge is 0.478 e. The minimum Gasteiger partial charge on any atom is -0.478 e. The highest BCUT2D eigenvalue weighted by molar-refractivity contribution is 5.87. The van der Waals surface area contributed by atoms with Crippen LogP contribution < -0.4 is 5.32 Å². The molecule has 21 heavy (non-hydrogen) atoms. The second kappa shape index (κ2) is 6.72. The standard InChI is InChI=1S/C16H21NO4/c1-21-14(18)10-16(8-2-3-9-16)17-11-12-4-6-13(7-5-12)15(19)20/h4-7,17H,2-3,8-11H2,1H3,(H,19,20). The molecule has 1 aliphatic rings. The van der Waals surface area contributed by atoms with Gasteiger partial charge in [0.25, 0.3) is 0 Å². The molecule has 2 N–H and O–H groups in total. The summed E-state index contributed by atoms with van der Waals surface area (Å²) in [4.78, 5) is 22.4. The molecular formula is C16H21NO4.